The van der Waals surface area contributed by atoms with Crippen LogP contribution < -0.4 is 10.1 Å². The average Bonchev–Trinajstić information content (AvgIpc) is 3.24. The molecule has 2 aliphatic heterocycles. The topological polar surface area (TPSA) is 78.9 Å². The molecular weight excluding hydrogens is 368 g/mol. The van der Waals surface area contributed by atoms with Gasteiger partial charge < -0.3 is 15.2 Å². The Kier molecular flexibility index (Phi) is 4.32. The summed E-state index contributed by atoms with van der Waals surface area (Å²) < 4.78 is 5.54. The van der Waals surface area contributed by atoms with E-state index in [1.807, 2.05) is 18.2 Å². The number of hydrogen-bond acceptors (Lipinski definition) is 4. The van der Waals surface area contributed by atoms with Gasteiger partial charge in [-0.1, -0.05) is 29.8 Å². The Hall–Kier alpha value is -2.57. The van der Waals surface area contributed by atoms with E-state index >= 15 is 0 Å². The number of nitrogens with zero attached hydrogens (tertiary/aromatic N) is 1. The molecule has 4 rings (SSSR count). The molecule has 27 heavy (non-hydrogen) atoms. The molecule has 1 saturated heterocycles. The van der Waals surface area contributed by atoms with Gasteiger partial charge in [0.1, 0.15) is 11.8 Å². The number of ether oxygens (including phenoxy) is 1. The van der Waals surface area contributed by atoms with Crippen LogP contribution >= 0.6 is 11.6 Å². The molecule has 6 nitrogen and oxygen atoms in total. The summed E-state index contributed by atoms with van der Waals surface area (Å²) >= 11 is 6.26. The number of carboxylic acid groups (broad SMARTS) is 1. The van der Waals surface area contributed by atoms with E-state index in [1.165, 1.54) is 7.11 Å². The standard InChI is InChI=1S/C20H19ClN2O4/c1-27-17-7-3-2-5-13(17)20(23-10-4-6-16(23)18(24)25)14-11-12(21)8-9-15(14)22-19(20)26/h2-3,5,7-9,11,16H,4,6,10H2,1H3,(H,22,26)(H,24,25)/t16-,20?/m0/s1. The lowest BCUT2D eigenvalue weighted by Gasteiger charge is -2.40. The first-order valence-corrected chi connectivity index (χ1v) is 9.12. The molecule has 2 aromatic rings. The van der Waals surface area contributed by atoms with Gasteiger partial charge in [-0.2, -0.15) is 0 Å². The number of amides is 1. The van der Waals surface area contributed by atoms with Gasteiger partial charge in [0.05, 0.1) is 7.11 Å². The third-order valence-electron chi connectivity index (χ3n) is 5.41. The fourth-order valence-corrected chi connectivity index (χ4v) is 4.51. The molecular formula is C20H19ClN2O4. The van der Waals surface area contributed by atoms with Gasteiger partial charge in [0.25, 0.3) is 5.91 Å². The maximum atomic E-state index is 13.4. The smallest absolute Gasteiger partial charge is 0.320 e. The maximum Gasteiger partial charge on any atom is 0.320 e. The molecule has 0 aliphatic carbocycles. The summed E-state index contributed by atoms with van der Waals surface area (Å²) in [7, 11) is 1.54. The number of carboxylic acids is 1. The second-order valence-electron chi connectivity index (χ2n) is 6.74. The highest BCUT2D eigenvalue weighted by atomic mass is 35.5. The highest BCUT2D eigenvalue weighted by Gasteiger charge is 2.58. The van der Waals surface area contributed by atoms with Gasteiger partial charge in [0.15, 0.2) is 5.54 Å². The first kappa shape index (κ1) is 17.8. The number of carbonyl (C=O) groups excluding carboxylic acids is 1. The molecule has 0 radical (unpaired) electrons. The van der Waals surface area contributed by atoms with Crippen molar-refractivity contribution in [2.45, 2.75) is 24.4 Å². The first-order chi connectivity index (χ1) is 13.0. The summed E-state index contributed by atoms with van der Waals surface area (Å²) in [5, 5.41) is 13.2. The maximum absolute atomic E-state index is 13.4. The SMILES string of the molecule is COc1ccccc1C1(N2CCC[C@H]2C(=O)O)C(=O)Nc2ccc(Cl)cc21. The summed E-state index contributed by atoms with van der Waals surface area (Å²) in [6.07, 6.45) is 1.17. The van der Waals surface area contributed by atoms with Crippen LogP contribution in [0.25, 0.3) is 0 Å². The van der Waals surface area contributed by atoms with Crippen molar-refractivity contribution in [2.75, 3.05) is 19.0 Å². The molecule has 0 spiro atoms. The molecule has 2 N–H and O–H groups in total. The third kappa shape index (κ3) is 2.51. The van der Waals surface area contributed by atoms with Crippen LogP contribution in [0.3, 0.4) is 0 Å². The minimum atomic E-state index is -1.31. The van der Waals surface area contributed by atoms with Crippen molar-refractivity contribution in [3.8, 4) is 5.75 Å². The summed E-state index contributed by atoms with van der Waals surface area (Å²) in [4.78, 5) is 27.2. The van der Waals surface area contributed by atoms with Crippen molar-refractivity contribution in [2.24, 2.45) is 0 Å². The zero-order valence-corrected chi connectivity index (χ0v) is 15.5. The number of hydrogen-bond donors (Lipinski definition) is 2. The number of carbonyl (C=O) groups is 2. The minimum absolute atomic E-state index is 0.294. The van der Waals surface area contributed by atoms with Gasteiger partial charge in [-0.25, -0.2) is 0 Å². The first-order valence-electron chi connectivity index (χ1n) is 8.74. The van der Waals surface area contributed by atoms with E-state index in [4.69, 9.17) is 16.3 Å². The van der Waals surface area contributed by atoms with Crippen LogP contribution in [-0.2, 0) is 15.1 Å². The number of para-hydroxylation sites is 1. The second kappa shape index (κ2) is 6.55. The molecule has 7 heteroatoms. The van der Waals surface area contributed by atoms with E-state index in [0.717, 1.165) is 0 Å². The zero-order valence-electron chi connectivity index (χ0n) is 14.7. The van der Waals surface area contributed by atoms with Crippen molar-refractivity contribution in [1.29, 1.82) is 0 Å². The van der Waals surface area contributed by atoms with Crippen molar-refractivity contribution < 1.29 is 19.4 Å². The van der Waals surface area contributed by atoms with E-state index < -0.39 is 17.6 Å². The molecule has 2 aliphatic rings. The summed E-state index contributed by atoms with van der Waals surface area (Å²) in [6, 6.07) is 11.6. The fraction of sp³-hybridized carbons (Fsp3) is 0.300. The average molecular weight is 387 g/mol. The predicted molar refractivity (Wildman–Crippen MR) is 101 cm³/mol. The summed E-state index contributed by atoms with van der Waals surface area (Å²) in [6.45, 7) is 0.481. The second-order valence-corrected chi connectivity index (χ2v) is 7.18. The highest BCUT2D eigenvalue weighted by molar-refractivity contribution is 6.31. The monoisotopic (exact) mass is 386 g/mol. The van der Waals surface area contributed by atoms with Crippen molar-refractivity contribution >= 4 is 29.2 Å². The van der Waals surface area contributed by atoms with Crippen LogP contribution in [0.5, 0.6) is 5.75 Å². The Labute approximate surface area is 161 Å². The minimum Gasteiger partial charge on any atom is -0.496 e. The van der Waals surface area contributed by atoms with Gasteiger partial charge in [-0.05, 0) is 37.1 Å². The third-order valence-corrected chi connectivity index (χ3v) is 5.65. The Balaban J connectivity index is 2.05. The Morgan fingerprint density at radius 1 is 1.30 bits per heavy atom. The number of nitrogens with one attached hydrogen (secondary N) is 1. The lowest BCUT2D eigenvalue weighted by atomic mass is 9.81. The number of benzene rings is 2. The fourth-order valence-electron chi connectivity index (χ4n) is 4.34. The van der Waals surface area contributed by atoms with Crippen LogP contribution in [0.4, 0.5) is 5.69 Å². The van der Waals surface area contributed by atoms with E-state index in [0.29, 0.717) is 47.0 Å². The van der Waals surface area contributed by atoms with Crippen LogP contribution in [-0.4, -0.2) is 41.6 Å². The zero-order chi connectivity index (χ0) is 19.2. The van der Waals surface area contributed by atoms with E-state index in [1.54, 1.807) is 29.2 Å². The predicted octanol–water partition coefficient (Wildman–Crippen LogP) is 3.09. The molecule has 1 unspecified atom stereocenters. The number of likely N-dealkylation sites (tertiary alicyclic amines) is 1. The Morgan fingerprint density at radius 3 is 2.81 bits per heavy atom. The van der Waals surface area contributed by atoms with Crippen LogP contribution in [0.1, 0.15) is 24.0 Å². The lowest BCUT2D eigenvalue weighted by molar-refractivity contribution is -0.145. The van der Waals surface area contributed by atoms with E-state index in [9.17, 15) is 14.7 Å². The highest BCUT2D eigenvalue weighted by Crippen LogP contribution is 2.51. The van der Waals surface area contributed by atoms with Crippen molar-refractivity contribution in [1.82, 2.24) is 4.90 Å². The number of anilines is 1. The normalized spacial score (nSPS) is 24.5. The van der Waals surface area contributed by atoms with Gasteiger partial charge >= 0.3 is 5.97 Å². The Morgan fingerprint density at radius 2 is 2.07 bits per heavy atom. The molecule has 2 aromatic carbocycles. The summed E-state index contributed by atoms with van der Waals surface area (Å²) in [5.41, 5.74) is 0.579. The largest absolute Gasteiger partial charge is 0.496 e. The van der Waals surface area contributed by atoms with Crippen LogP contribution in [0.15, 0.2) is 42.5 Å². The van der Waals surface area contributed by atoms with Gasteiger partial charge in [0, 0.05) is 28.4 Å². The quantitative estimate of drug-likeness (QED) is 0.844. The number of methoxy groups -OCH3 is 1. The molecule has 140 valence electrons. The summed E-state index contributed by atoms with van der Waals surface area (Å²) in [5.74, 6) is -0.709. The number of aliphatic carboxylic acids is 1. The van der Waals surface area contributed by atoms with E-state index in [-0.39, 0.29) is 5.91 Å². The van der Waals surface area contributed by atoms with Crippen molar-refractivity contribution in [3.63, 3.8) is 0 Å². The molecule has 1 amide bonds. The van der Waals surface area contributed by atoms with Crippen molar-refractivity contribution in [3.05, 3.63) is 58.6 Å². The molecule has 0 aromatic heterocycles. The van der Waals surface area contributed by atoms with Crippen LogP contribution in [0.2, 0.25) is 5.02 Å². The molecule has 0 saturated carbocycles. The number of rotatable bonds is 4. The van der Waals surface area contributed by atoms with E-state index in [2.05, 4.69) is 5.32 Å². The number of fused-ring (bicyclic) bond motifs is 1. The molecule has 2 heterocycles. The van der Waals surface area contributed by atoms with Crippen LogP contribution in [0, 0.1) is 0 Å². The molecule has 0 bridgehead atoms. The van der Waals surface area contributed by atoms with Gasteiger partial charge in [-0.15, -0.1) is 0 Å². The van der Waals surface area contributed by atoms with Gasteiger partial charge in [0.2, 0.25) is 0 Å². The lowest BCUT2D eigenvalue weighted by Crippen LogP contribution is -2.55. The van der Waals surface area contributed by atoms with Gasteiger partial charge in [-0.3, -0.25) is 14.5 Å². The molecule has 2 atom stereocenters. The number of halogens is 1. The molecule has 1 fully saturated rings. The Bertz CT molecular complexity index is 932.